The molecule has 1 aliphatic heterocycles. The van der Waals surface area contributed by atoms with E-state index in [4.69, 9.17) is 0 Å². The second-order valence-electron chi connectivity index (χ2n) is 5.87. The van der Waals surface area contributed by atoms with E-state index in [1.54, 1.807) is 0 Å². The first kappa shape index (κ1) is 14.2. The van der Waals surface area contributed by atoms with Gasteiger partial charge >= 0.3 is 0 Å². The molecule has 0 saturated carbocycles. The Morgan fingerprint density at radius 3 is 2.52 bits per heavy atom. The number of rotatable bonds is 3. The van der Waals surface area contributed by atoms with Crippen LogP contribution in [-0.4, -0.2) is 19.1 Å². The van der Waals surface area contributed by atoms with Crippen molar-refractivity contribution in [3.63, 3.8) is 0 Å². The lowest BCUT2D eigenvalue weighted by Crippen LogP contribution is -2.51. The Bertz CT molecular complexity index is 579. The Kier molecular flexibility index (Phi) is 4.26. The molecule has 21 heavy (non-hydrogen) atoms. The van der Waals surface area contributed by atoms with Crippen LogP contribution in [0.2, 0.25) is 0 Å². The van der Waals surface area contributed by atoms with Gasteiger partial charge in [0.25, 0.3) is 0 Å². The zero-order chi connectivity index (χ0) is 14.7. The number of hydrogen-bond donors (Lipinski definition) is 1. The summed E-state index contributed by atoms with van der Waals surface area (Å²) in [5.74, 6) is 0. The second-order valence-corrected chi connectivity index (χ2v) is 5.87. The van der Waals surface area contributed by atoms with Gasteiger partial charge in [0.2, 0.25) is 0 Å². The Hall–Kier alpha value is -1.80. The minimum absolute atomic E-state index is 0.412. The molecular weight excluding hydrogens is 256 g/mol. The summed E-state index contributed by atoms with van der Waals surface area (Å²) in [6.07, 6.45) is 1.08. The maximum absolute atomic E-state index is 3.63. The minimum Gasteiger partial charge on any atom is -0.361 e. The van der Waals surface area contributed by atoms with Gasteiger partial charge in [-0.1, -0.05) is 55.5 Å². The van der Waals surface area contributed by atoms with Crippen LogP contribution in [0.5, 0.6) is 0 Å². The number of hydrogen-bond acceptors (Lipinski definition) is 2. The van der Waals surface area contributed by atoms with Crippen molar-refractivity contribution in [2.45, 2.75) is 32.4 Å². The number of anilines is 1. The Labute approximate surface area is 127 Å². The molecule has 2 nitrogen and oxygen atoms in total. The van der Waals surface area contributed by atoms with E-state index in [1.807, 2.05) is 0 Å². The first-order valence-electron chi connectivity index (χ1n) is 7.92. The van der Waals surface area contributed by atoms with Gasteiger partial charge in [-0.25, -0.2) is 0 Å². The summed E-state index contributed by atoms with van der Waals surface area (Å²) in [5, 5.41) is 3.63. The molecule has 2 aromatic carbocycles. The van der Waals surface area contributed by atoms with E-state index in [1.165, 1.54) is 16.8 Å². The van der Waals surface area contributed by atoms with Crippen LogP contribution in [0.3, 0.4) is 0 Å². The fraction of sp³-hybridized carbons (Fsp3) is 0.368. The van der Waals surface area contributed by atoms with Gasteiger partial charge < -0.3 is 10.2 Å². The molecule has 0 spiro atoms. The fourth-order valence-electron chi connectivity index (χ4n) is 3.24. The first-order valence-corrected chi connectivity index (χ1v) is 7.92. The van der Waals surface area contributed by atoms with Gasteiger partial charge in [0.15, 0.2) is 0 Å². The summed E-state index contributed by atoms with van der Waals surface area (Å²) in [4.78, 5) is 2.58. The number of para-hydroxylation sites is 1. The SMILES string of the molecule is CCc1ccccc1N1CC(C)NCC1c1ccccc1. The summed E-state index contributed by atoms with van der Waals surface area (Å²) < 4.78 is 0. The van der Waals surface area contributed by atoms with E-state index >= 15 is 0 Å². The number of nitrogens with one attached hydrogen (secondary N) is 1. The topological polar surface area (TPSA) is 15.3 Å². The second kappa shape index (κ2) is 6.31. The van der Waals surface area contributed by atoms with Gasteiger partial charge in [0, 0.05) is 24.8 Å². The lowest BCUT2D eigenvalue weighted by atomic mass is 9.98. The molecular formula is C19H24N2. The summed E-state index contributed by atoms with van der Waals surface area (Å²) in [5.41, 5.74) is 4.22. The summed E-state index contributed by atoms with van der Waals surface area (Å²) in [6.45, 7) is 6.56. The van der Waals surface area contributed by atoms with Crippen LogP contribution in [0.15, 0.2) is 54.6 Å². The molecule has 2 heteroatoms. The number of nitrogens with zero attached hydrogens (tertiary/aromatic N) is 1. The average Bonchev–Trinajstić information content (AvgIpc) is 2.55. The molecule has 1 N–H and O–H groups in total. The minimum atomic E-state index is 0.412. The summed E-state index contributed by atoms with van der Waals surface area (Å²) in [6, 6.07) is 20.6. The predicted molar refractivity (Wildman–Crippen MR) is 89.8 cm³/mol. The lowest BCUT2D eigenvalue weighted by molar-refractivity contribution is 0.416. The molecule has 0 bridgehead atoms. The van der Waals surface area contributed by atoms with Crippen molar-refractivity contribution in [2.75, 3.05) is 18.0 Å². The van der Waals surface area contributed by atoms with Crippen molar-refractivity contribution in [3.8, 4) is 0 Å². The molecule has 1 aliphatic rings. The maximum atomic E-state index is 3.63. The van der Waals surface area contributed by atoms with E-state index in [0.717, 1.165) is 19.5 Å². The molecule has 2 atom stereocenters. The van der Waals surface area contributed by atoms with Gasteiger partial charge in [0.05, 0.1) is 6.04 Å². The van der Waals surface area contributed by atoms with Crippen molar-refractivity contribution >= 4 is 5.69 Å². The van der Waals surface area contributed by atoms with E-state index in [9.17, 15) is 0 Å². The van der Waals surface area contributed by atoms with Gasteiger partial charge in [-0.05, 0) is 30.5 Å². The van der Waals surface area contributed by atoms with Crippen LogP contribution < -0.4 is 10.2 Å². The summed E-state index contributed by atoms with van der Waals surface area (Å²) in [7, 11) is 0. The molecule has 0 aliphatic carbocycles. The number of aryl methyl sites for hydroxylation is 1. The molecule has 1 heterocycles. The van der Waals surface area contributed by atoms with E-state index in [2.05, 4.69) is 78.7 Å². The molecule has 1 fully saturated rings. The third-order valence-electron chi connectivity index (χ3n) is 4.37. The zero-order valence-electron chi connectivity index (χ0n) is 12.9. The van der Waals surface area contributed by atoms with E-state index in [-0.39, 0.29) is 0 Å². The highest BCUT2D eigenvalue weighted by Crippen LogP contribution is 2.32. The van der Waals surface area contributed by atoms with Crippen LogP contribution in [0.4, 0.5) is 5.69 Å². The highest BCUT2D eigenvalue weighted by atomic mass is 15.2. The van der Waals surface area contributed by atoms with Crippen molar-refractivity contribution in [3.05, 3.63) is 65.7 Å². The Morgan fingerprint density at radius 1 is 1.05 bits per heavy atom. The number of piperazine rings is 1. The van der Waals surface area contributed by atoms with Crippen LogP contribution in [0.1, 0.15) is 31.0 Å². The standard InChI is InChI=1S/C19H24N2/c1-3-16-9-7-8-12-18(16)21-14-15(2)20-13-19(21)17-10-5-4-6-11-17/h4-12,15,19-20H,3,13-14H2,1-2H3. The third-order valence-corrected chi connectivity index (χ3v) is 4.37. The van der Waals surface area contributed by atoms with Crippen LogP contribution in [-0.2, 0) is 6.42 Å². The molecule has 2 aromatic rings. The van der Waals surface area contributed by atoms with Gasteiger partial charge in [-0.2, -0.15) is 0 Å². The number of benzene rings is 2. The summed E-state index contributed by atoms with van der Waals surface area (Å²) >= 11 is 0. The highest BCUT2D eigenvalue weighted by molar-refractivity contribution is 5.56. The third kappa shape index (κ3) is 2.96. The molecule has 110 valence electrons. The van der Waals surface area contributed by atoms with Gasteiger partial charge in [-0.15, -0.1) is 0 Å². The molecule has 3 rings (SSSR count). The predicted octanol–water partition coefficient (Wildman–Crippen LogP) is 3.79. The van der Waals surface area contributed by atoms with Crippen LogP contribution in [0.25, 0.3) is 0 Å². The average molecular weight is 280 g/mol. The highest BCUT2D eigenvalue weighted by Gasteiger charge is 2.28. The van der Waals surface area contributed by atoms with E-state index in [0.29, 0.717) is 12.1 Å². The van der Waals surface area contributed by atoms with Crippen molar-refractivity contribution in [1.82, 2.24) is 5.32 Å². The molecule has 0 radical (unpaired) electrons. The molecule has 0 amide bonds. The molecule has 1 saturated heterocycles. The quantitative estimate of drug-likeness (QED) is 0.920. The van der Waals surface area contributed by atoms with E-state index < -0.39 is 0 Å². The Balaban J connectivity index is 1.99. The monoisotopic (exact) mass is 280 g/mol. The van der Waals surface area contributed by atoms with Gasteiger partial charge in [0.1, 0.15) is 0 Å². The largest absolute Gasteiger partial charge is 0.361 e. The zero-order valence-corrected chi connectivity index (χ0v) is 12.9. The normalized spacial score (nSPS) is 22.3. The lowest BCUT2D eigenvalue weighted by Gasteiger charge is -2.42. The van der Waals surface area contributed by atoms with Gasteiger partial charge in [-0.3, -0.25) is 0 Å². The van der Waals surface area contributed by atoms with Crippen LogP contribution in [0, 0.1) is 0 Å². The van der Waals surface area contributed by atoms with Crippen molar-refractivity contribution in [2.24, 2.45) is 0 Å². The van der Waals surface area contributed by atoms with Crippen LogP contribution >= 0.6 is 0 Å². The smallest absolute Gasteiger partial charge is 0.0667 e. The maximum Gasteiger partial charge on any atom is 0.0667 e. The molecule has 0 aromatic heterocycles. The molecule has 2 unspecified atom stereocenters. The Morgan fingerprint density at radius 2 is 1.76 bits per heavy atom. The van der Waals surface area contributed by atoms with Crippen molar-refractivity contribution < 1.29 is 0 Å². The fourth-order valence-corrected chi connectivity index (χ4v) is 3.24. The first-order chi connectivity index (χ1) is 10.3. The van der Waals surface area contributed by atoms with Crippen molar-refractivity contribution in [1.29, 1.82) is 0 Å².